The first-order valence-corrected chi connectivity index (χ1v) is 6.60. The van der Waals surface area contributed by atoms with E-state index in [1.165, 1.54) is 35.3 Å². The van der Waals surface area contributed by atoms with E-state index in [-0.39, 0.29) is 5.91 Å². The summed E-state index contributed by atoms with van der Waals surface area (Å²) in [6.07, 6.45) is 3.70. The first kappa shape index (κ1) is 11.5. The fourth-order valence-electron chi connectivity index (χ4n) is 1.91. The molecule has 0 radical (unpaired) electrons. The lowest BCUT2D eigenvalue weighted by molar-refractivity contribution is -0.125. The Bertz CT molecular complexity index is 401. The number of carbonyl (C=O) groups is 1. The number of amides is 1. The highest BCUT2D eigenvalue weighted by atomic mass is 32.2. The average molecular weight is 235 g/mol. The van der Waals surface area contributed by atoms with Crippen LogP contribution >= 0.6 is 11.8 Å². The fourth-order valence-corrected chi connectivity index (χ4v) is 2.85. The zero-order valence-electron chi connectivity index (χ0n) is 9.82. The van der Waals surface area contributed by atoms with Gasteiger partial charge in [-0.2, -0.15) is 0 Å². The van der Waals surface area contributed by atoms with Crippen molar-refractivity contribution in [1.29, 1.82) is 0 Å². The van der Waals surface area contributed by atoms with Crippen molar-refractivity contribution in [2.45, 2.75) is 24.2 Å². The number of thioether (sulfide) groups is 1. The summed E-state index contributed by atoms with van der Waals surface area (Å²) in [6, 6.07) is 6.60. The van der Waals surface area contributed by atoms with Gasteiger partial charge < -0.3 is 4.90 Å². The van der Waals surface area contributed by atoms with E-state index < -0.39 is 0 Å². The molecule has 0 saturated heterocycles. The normalized spacial score (nSPS) is 13.6. The van der Waals surface area contributed by atoms with Crippen LogP contribution in [0, 0.1) is 0 Å². The molecule has 86 valence electrons. The largest absolute Gasteiger partial charge is 0.348 e. The second-order valence-electron chi connectivity index (χ2n) is 4.36. The van der Waals surface area contributed by atoms with Crippen LogP contribution in [0.3, 0.4) is 0 Å². The van der Waals surface area contributed by atoms with Crippen molar-refractivity contribution in [3.05, 3.63) is 29.3 Å². The minimum Gasteiger partial charge on any atom is -0.348 e. The Morgan fingerprint density at radius 2 is 2.06 bits per heavy atom. The van der Waals surface area contributed by atoms with Gasteiger partial charge in [0.15, 0.2) is 0 Å². The second-order valence-corrected chi connectivity index (χ2v) is 5.41. The molecule has 0 aromatic heterocycles. The molecule has 0 N–H and O–H groups in total. The number of hydrogen-bond donors (Lipinski definition) is 0. The molecule has 0 spiro atoms. The highest BCUT2D eigenvalue weighted by Crippen LogP contribution is 2.27. The predicted molar refractivity (Wildman–Crippen MR) is 67.9 cm³/mol. The summed E-state index contributed by atoms with van der Waals surface area (Å²) in [4.78, 5) is 14.3. The molecule has 0 aliphatic heterocycles. The summed E-state index contributed by atoms with van der Waals surface area (Å²) >= 11 is 1.63. The van der Waals surface area contributed by atoms with Crippen molar-refractivity contribution in [3.8, 4) is 0 Å². The van der Waals surface area contributed by atoms with Crippen LogP contribution in [0.2, 0.25) is 0 Å². The molecule has 2 nitrogen and oxygen atoms in total. The van der Waals surface area contributed by atoms with Crippen LogP contribution in [0.1, 0.15) is 17.5 Å². The van der Waals surface area contributed by atoms with Crippen LogP contribution in [0.5, 0.6) is 0 Å². The lowest BCUT2D eigenvalue weighted by Gasteiger charge is -2.10. The third kappa shape index (κ3) is 2.59. The van der Waals surface area contributed by atoms with Gasteiger partial charge in [-0.3, -0.25) is 4.79 Å². The van der Waals surface area contributed by atoms with Gasteiger partial charge in [-0.25, -0.2) is 0 Å². The molecular formula is C13H17NOS. The summed E-state index contributed by atoms with van der Waals surface area (Å²) in [5.41, 5.74) is 2.96. The molecule has 16 heavy (non-hydrogen) atoms. The number of aryl methyl sites for hydroxylation is 2. The second kappa shape index (κ2) is 4.91. The lowest BCUT2D eigenvalue weighted by atomic mass is 10.1. The number of rotatable bonds is 3. The molecule has 0 fully saturated rings. The number of benzene rings is 1. The van der Waals surface area contributed by atoms with Gasteiger partial charge in [0.05, 0.1) is 5.75 Å². The molecule has 0 saturated carbocycles. The van der Waals surface area contributed by atoms with E-state index in [0.29, 0.717) is 5.75 Å². The summed E-state index contributed by atoms with van der Waals surface area (Å²) < 4.78 is 0. The third-order valence-corrected chi connectivity index (χ3v) is 3.91. The Balaban J connectivity index is 1.98. The summed E-state index contributed by atoms with van der Waals surface area (Å²) in [6.45, 7) is 0. The van der Waals surface area contributed by atoms with Crippen LogP contribution < -0.4 is 0 Å². The van der Waals surface area contributed by atoms with E-state index in [2.05, 4.69) is 18.2 Å². The van der Waals surface area contributed by atoms with Gasteiger partial charge in [0.2, 0.25) is 5.91 Å². The monoisotopic (exact) mass is 235 g/mol. The molecule has 2 rings (SSSR count). The van der Waals surface area contributed by atoms with Gasteiger partial charge >= 0.3 is 0 Å². The quantitative estimate of drug-likeness (QED) is 0.750. The van der Waals surface area contributed by atoms with Crippen LogP contribution in [-0.2, 0) is 17.6 Å². The Hall–Kier alpha value is -0.960. The Kier molecular flexibility index (Phi) is 3.54. The fraction of sp³-hybridized carbons (Fsp3) is 0.462. The highest BCUT2D eigenvalue weighted by molar-refractivity contribution is 8.00. The van der Waals surface area contributed by atoms with Crippen LogP contribution in [0.15, 0.2) is 23.1 Å². The molecule has 1 amide bonds. The maximum Gasteiger partial charge on any atom is 0.232 e. The minimum atomic E-state index is 0.172. The molecule has 0 bridgehead atoms. The first-order valence-electron chi connectivity index (χ1n) is 5.61. The maximum atomic E-state index is 11.5. The minimum absolute atomic E-state index is 0.172. The van der Waals surface area contributed by atoms with Crippen molar-refractivity contribution in [3.63, 3.8) is 0 Å². The van der Waals surface area contributed by atoms with Crippen molar-refractivity contribution in [2.75, 3.05) is 19.8 Å². The van der Waals surface area contributed by atoms with E-state index in [4.69, 9.17) is 0 Å². The van der Waals surface area contributed by atoms with Crippen LogP contribution in [0.25, 0.3) is 0 Å². The average Bonchev–Trinajstić information content (AvgIpc) is 2.72. The Morgan fingerprint density at radius 1 is 1.31 bits per heavy atom. The van der Waals surface area contributed by atoms with Gasteiger partial charge in [-0.1, -0.05) is 6.07 Å². The van der Waals surface area contributed by atoms with E-state index in [1.807, 2.05) is 0 Å². The van der Waals surface area contributed by atoms with Gasteiger partial charge in [0.25, 0.3) is 0 Å². The summed E-state index contributed by atoms with van der Waals surface area (Å²) in [7, 11) is 3.59. The molecule has 3 heteroatoms. The van der Waals surface area contributed by atoms with Crippen molar-refractivity contribution in [1.82, 2.24) is 4.90 Å². The van der Waals surface area contributed by atoms with E-state index in [1.54, 1.807) is 30.8 Å². The third-order valence-electron chi connectivity index (χ3n) is 2.93. The molecule has 1 aliphatic carbocycles. The van der Waals surface area contributed by atoms with Gasteiger partial charge in [0.1, 0.15) is 0 Å². The number of carbonyl (C=O) groups excluding carboxylic acids is 1. The number of nitrogens with zero attached hydrogens (tertiary/aromatic N) is 1. The number of hydrogen-bond acceptors (Lipinski definition) is 2. The van der Waals surface area contributed by atoms with Gasteiger partial charge in [-0.15, -0.1) is 11.8 Å². The van der Waals surface area contributed by atoms with Crippen LogP contribution in [0.4, 0.5) is 0 Å². The highest BCUT2D eigenvalue weighted by Gasteiger charge is 2.11. The smallest absolute Gasteiger partial charge is 0.232 e. The topological polar surface area (TPSA) is 20.3 Å². The van der Waals surface area contributed by atoms with Gasteiger partial charge in [-0.05, 0) is 42.5 Å². The van der Waals surface area contributed by atoms with Crippen molar-refractivity contribution >= 4 is 17.7 Å². The molecule has 1 aromatic carbocycles. The molecule has 1 aromatic rings. The first-order chi connectivity index (χ1) is 7.66. The molecule has 0 atom stereocenters. The standard InChI is InChI=1S/C13H17NOS/c1-14(2)13(15)9-16-12-7-6-10-4-3-5-11(10)8-12/h6-8H,3-5,9H2,1-2H3. The van der Waals surface area contributed by atoms with E-state index in [9.17, 15) is 4.79 Å². The summed E-state index contributed by atoms with van der Waals surface area (Å²) in [5, 5.41) is 0. The Morgan fingerprint density at radius 3 is 2.81 bits per heavy atom. The molecular weight excluding hydrogens is 218 g/mol. The molecule has 0 heterocycles. The van der Waals surface area contributed by atoms with Crippen molar-refractivity contribution in [2.24, 2.45) is 0 Å². The molecule has 1 aliphatic rings. The van der Waals surface area contributed by atoms with Gasteiger partial charge in [0, 0.05) is 19.0 Å². The predicted octanol–water partition coefficient (Wildman–Crippen LogP) is 2.36. The summed E-state index contributed by atoms with van der Waals surface area (Å²) in [5.74, 6) is 0.705. The van der Waals surface area contributed by atoms with Crippen molar-refractivity contribution < 1.29 is 4.79 Å². The lowest BCUT2D eigenvalue weighted by Crippen LogP contribution is -2.23. The van der Waals surface area contributed by atoms with E-state index in [0.717, 1.165) is 0 Å². The van der Waals surface area contributed by atoms with E-state index >= 15 is 0 Å². The Labute approximate surface area is 101 Å². The molecule has 0 unspecified atom stereocenters. The maximum absolute atomic E-state index is 11.5. The zero-order chi connectivity index (χ0) is 11.5. The zero-order valence-corrected chi connectivity index (χ0v) is 10.6. The van der Waals surface area contributed by atoms with Crippen LogP contribution in [-0.4, -0.2) is 30.7 Å². The number of fused-ring (bicyclic) bond motifs is 1. The SMILES string of the molecule is CN(C)C(=O)CSc1ccc2c(c1)CCC2.